The third-order valence-electron chi connectivity index (χ3n) is 1.72. The van der Waals surface area contributed by atoms with Gasteiger partial charge in [-0.1, -0.05) is 0 Å². The molecule has 0 rings (SSSR count). The molecule has 8 heteroatoms. The second-order valence-electron chi connectivity index (χ2n) is 3.11. The van der Waals surface area contributed by atoms with Crippen molar-refractivity contribution in [3.8, 4) is 12.1 Å². The monoisotopic (exact) mass is 244 g/mol. The number of nitriles is 2. The first kappa shape index (κ1) is 14.6. The highest BCUT2D eigenvalue weighted by atomic mass is 19.4. The summed E-state index contributed by atoms with van der Waals surface area (Å²) in [4.78, 5) is 0. The molecule has 0 saturated heterocycles. The summed E-state index contributed by atoms with van der Waals surface area (Å²) in [6.45, 7) is 0. The van der Waals surface area contributed by atoms with Crippen molar-refractivity contribution in [3.05, 3.63) is 0 Å². The van der Waals surface area contributed by atoms with Gasteiger partial charge in [0.05, 0.1) is 36.8 Å². The van der Waals surface area contributed by atoms with Crippen LogP contribution in [0, 0.1) is 34.5 Å². The van der Waals surface area contributed by atoms with Gasteiger partial charge in [-0.25, -0.2) is 0 Å². The molecule has 0 aliphatic rings. The lowest BCUT2D eigenvalue weighted by Gasteiger charge is -2.18. The second kappa shape index (κ2) is 5.06. The van der Waals surface area contributed by atoms with Gasteiger partial charge >= 0.3 is 12.4 Å². The molecule has 0 amide bonds. The molecule has 0 aromatic rings. The van der Waals surface area contributed by atoms with Crippen LogP contribution < -0.4 is 0 Å². The Bertz CT molecular complexity index is 272. The van der Waals surface area contributed by atoms with E-state index in [9.17, 15) is 26.3 Å². The third-order valence-corrected chi connectivity index (χ3v) is 1.72. The fourth-order valence-electron chi connectivity index (χ4n) is 1.05. The van der Waals surface area contributed by atoms with E-state index in [2.05, 4.69) is 0 Å². The molecule has 0 saturated carbocycles. The average Bonchev–Trinajstić information content (AvgIpc) is 2.07. The Balaban J connectivity index is 4.68. The molecule has 0 spiro atoms. The van der Waals surface area contributed by atoms with Crippen LogP contribution in [0.2, 0.25) is 0 Å². The van der Waals surface area contributed by atoms with Gasteiger partial charge in [0.2, 0.25) is 0 Å². The van der Waals surface area contributed by atoms with Gasteiger partial charge in [-0.05, 0) is 0 Å². The van der Waals surface area contributed by atoms with Crippen molar-refractivity contribution < 1.29 is 26.3 Å². The Morgan fingerprint density at radius 2 is 1.00 bits per heavy atom. The summed E-state index contributed by atoms with van der Waals surface area (Å²) >= 11 is 0. The number of hydrogen-bond donors (Lipinski definition) is 0. The predicted octanol–water partition coefficient (Wildman–Crippen LogP) is 3.17. The van der Waals surface area contributed by atoms with E-state index in [4.69, 9.17) is 10.5 Å². The molecule has 0 bridgehead atoms. The van der Waals surface area contributed by atoms with Crippen molar-refractivity contribution in [3.63, 3.8) is 0 Å². The molecule has 0 aromatic heterocycles. The molecule has 0 aromatic carbocycles. The summed E-state index contributed by atoms with van der Waals surface area (Å²) in [7, 11) is 0. The SMILES string of the molecule is N#C[C@H](CC(F)(F)F)[C@@H](C#N)CC(F)(F)F. The molecular formula is C8H6F6N2. The maximum Gasteiger partial charge on any atom is 0.390 e. The quantitative estimate of drug-likeness (QED) is 0.716. The van der Waals surface area contributed by atoms with Gasteiger partial charge in [-0.3, -0.25) is 0 Å². The van der Waals surface area contributed by atoms with E-state index in [1.165, 1.54) is 0 Å². The summed E-state index contributed by atoms with van der Waals surface area (Å²) in [6, 6.07) is 2.18. The molecule has 2 nitrogen and oxygen atoms in total. The van der Waals surface area contributed by atoms with Crippen molar-refractivity contribution in [1.82, 2.24) is 0 Å². The summed E-state index contributed by atoms with van der Waals surface area (Å²) < 4.78 is 71.3. The summed E-state index contributed by atoms with van der Waals surface area (Å²) in [5.41, 5.74) is 0. The Hall–Kier alpha value is -1.44. The number of nitrogens with zero attached hydrogens (tertiary/aromatic N) is 2. The zero-order valence-electron chi connectivity index (χ0n) is 7.73. The predicted molar refractivity (Wildman–Crippen MR) is 39.6 cm³/mol. The van der Waals surface area contributed by atoms with Gasteiger partial charge in [-0.15, -0.1) is 0 Å². The summed E-state index contributed by atoms with van der Waals surface area (Å²) in [5, 5.41) is 16.6. The van der Waals surface area contributed by atoms with Crippen LogP contribution in [0.5, 0.6) is 0 Å². The zero-order valence-corrected chi connectivity index (χ0v) is 7.73. The largest absolute Gasteiger partial charge is 0.390 e. The lowest BCUT2D eigenvalue weighted by molar-refractivity contribution is -0.158. The molecule has 0 aliphatic heterocycles. The number of rotatable bonds is 3. The van der Waals surface area contributed by atoms with Crippen LogP contribution in [0.4, 0.5) is 26.3 Å². The van der Waals surface area contributed by atoms with E-state index in [1.807, 2.05) is 0 Å². The number of hydrogen-bond acceptors (Lipinski definition) is 2. The van der Waals surface area contributed by atoms with E-state index in [0.717, 1.165) is 12.1 Å². The number of halogens is 6. The lowest BCUT2D eigenvalue weighted by atomic mass is 9.89. The van der Waals surface area contributed by atoms with Crippen LogP contribution in [0.3, 0.4) is 0 Å². The van der Waals surface area contributed by atoms with Gasteiger partial charge in [0.25, 0.3) is 0 Å². The molecule has 0 unspecified atom stereocenters. The molecular weight excluding hydrogens is 238 g/mol. The fraction of sp³-hybridized carbons (Fsp3) is 0.750. The van der Waals surface area contributed by atoms with Gasteiger partial charge in [0, 0.05) is 0 Å². The third kappa shape index (κ3) is 6.12. The minimum atomic E-state index is -4.76. The van der Waals surface area contributed by atoms with E-state index in [0.29, 0.717) is 0 Å². The molecule has 0 aliphatic carbocycles. The standard InChI is InChI=1S/C8H6F6N2/c9-7(10,11)1-5(3-15)6(4-16)2-8(12,13)14/h5-6H,1-2H2/t5-,6+. The smallest absolute Gasteiger partial charge is 0.198 e. The molecule has 0 heterocycles. The van der Waals surface area contributed by atoms with Crippen molar-refractivity contribution >= 4 is 0 Å². The minimum Gasteiger partial charge on any atom is -0.198 e. The van der Waals surface area contributed by atoms with Crippen molar-refractivity contribution in [2.24, 2.45) is 11.8 Å². The maximum absolute atomic E-state index is 11.9. The van der Waals surface area contributed by atoms with Crippen LogP contribution in [0.1, 0.15) is 12.8 Å². The van der Waals surface area contributed by atoms with Crippen LogP contribution >= 0.6 is 0 Å². The van der Waals surface area contributed by atoms with E-state index >= 15 is 0 Å². The fourth-order valence-corrected chi connectivity index (χ4v) is 1.05. The first-order chi connectivity index (χ1) is 7.09. The Morgan fingerprint density at radius 1 is 0.750 bits per heavy atom. The average molecular weight is 244 g/mol. The highest BCUT2D eigenvalue weighted by Crippen LogP contribution is 2.34. The summed E-state index contributed by atoms with van der Waals surface area (Å²) in [5.74, 6) is -3.99. The molecule has 0 radical (unpaired) electrons. The molecule has 0 fully saturated rings. The Kier molecular flexibility index (Phi) is 4.61. The maximum atomic E-state index is 11.9. The Labute approximate surface area is 87.1 Å². The van der Waals surface area contributed by atoms with E-state index < -0.39 is 37.0 Å². The first-order valence-electron chi connectivity index (χ1n) is 4.02. The van der Waals surface area contributed by atoms with Crippen molar-refractivity contribution in [2.45, 2.75) is 25.2 Å². The summed E-state index contributed by atoms with van der Waals surface area (Å²) in [6.07, 6.45) is -12.9. The molecule has 2 atom stereocenters. The highest BCUT2D eigenvalue weighted by Gasteiger charge is 2.41. The lowest BCUT2D eigenvalue weighted by Crippen LogP contribution is -2.24. The van der Waals surface area contributed by atoms with Crippen molar-refractivity contribution in [1.29, 1.82) is 10.5 Å². The molecule has 0 N–H and O–H groups in total. The number of alkyl halides is 6. The van der Waals surface area contributed by atoms with Gasteiger partial charge in [0.1, 0.15) is 0 Å². The highest BCUT2D eigenvalue weighted by molar-refractivity contribution is 4.99. The van der Waals surface area contributed by atoms with Crippen molar-refractivity contribution in [2.75, 3.05) is 0 Å². The molecule has 90 valence electrons. The van der Waals surface area contributed by atoms with Gasteiger partial charge in [0.15, 0.2) is 0 Å². The molecule has 16 heavy (non-hydrogen) atoms. The normalized spacial score (nSPS) is 16.0. The van der Waals surface area contributed by atoms with Crippen LogP contribution in [-0.2, 0) is 0 Å². The van der Waals surface area contributed by atoms with Gasteiger partial charge in [-0.2, -0.15) is 36.9 Å². The van der Waals surface area contributed by atoms with Crippen LogP contribution in [-0.4, -0.2) is 12.4 Å². The van der Waals surface area contributed by atoms with Gasteiger partial charge < -0.3 is 0 Å². The minimum absolute atomic E-state index is 1.09. The first-order valence-corrected chi connectivity index (χ1v) is 4.02. The zero-order chi connectivity index (χ0) is 13.0. The van der Waals surface area contributed by atoms with E-state index in [1.54, 1.807) is 0 Å². The second-order valence-corrected chi connectivity index (χ2v) is 3.11. The topological polar surface area (TPSA) is 47.6 Å². The Morgan fingerprint density at radius 3 is 1.12 bits per heavy atom. The van der Waals surface area contributed by atoms with Crippen LogP contribution in [0.15, 0.2) is 0 Å². The van der Waals surface area contributed by atoms with E-state index in [-0.39, 0.29) is 0 Å². The van der Waals surface area contributed by atoms with Crippen LogP contribution in [0.25, 0.3) is 0 Å².